The van der Waals surface area contributed by atoms with Gasteiger partial charge in [0.15, 0.2) is 5.82 Å². The Morgan fingerprint density at radius 3 is 2.82 bits per heavy atom. The number of nitrogens with zero attached hydrogens (tertiary/aromatic N) is 2. The lowest BCUT2D eigenvalue weighted by Gasteiger charge is -2.20. The van der Waals surface area contributed by atoms with Gasteiger partial charge in [-0.05, 0) is 31.0 Å². The largest absolute Gasteiger partial charge is 0.506 e. The maximum atomic E-state index is 9.33. The first kappa shape index (κ1) is 10.6. The molecule has 0 bridgehead atoms. The topological polar surface area (TPSA) is 59.2 Å². The Morgan fingerprint density at radius 2 is 2.18 bits per heavy atom. The van der Waals surface area contributed by atoms with Crippen molar-refractivity contribution in [2.75, 3.05) is 0 Å². The van der Waals surface area contributed by atoms with Crippen LogP contribution in [-0.4, -0.2) is 15.2 Å². The number of aromatic hydroxyl groups is 1. The third kappa shape index (κ3) is 1.89. The molecule has 1 aromatic carbocycles. The number of hydrogen-bond donors (Lipinski definition) is 1. The molecule has 0 radical (unpaired) electrons. The molecule has 0 aliphatic heterocycles. The van der Waals surface area contributed by atoms with E-state index in [1.165, 1.54) is 12.5 Å². The van der Waals surface area contributed by atoms with Gasteiger partial charge in [-0.1, -0.05) is 23.2 Å². The molecule has 1 aliphatic carbocycles. The standard InChI is InChI=1S/C12H11ClN2O2/c13-9-6-8(4-5-10(9)16)12-14-11(15-17-12)7-2-1-3-7/h4-7,16H,1-3H2. The summed E-state index contributed by atoms with van der Waals surface area (Å²) in [5, 5.41) is 13.6. The van der Waals surface area contributed by atoms with E-state index in [1.54, 1.807) is 12.1 Å². The average molecular weight is 251 g/mol. The molecule has 1 saturated carbocycles. The van der Waals surface area contributed by atoms with E-state index in [1.807, 2.05) is 0 Å². The van der Waals surface area contributed by atoms with Crippen LogP contribution in [0.3, 0.4) is 0 Å². The molecule has 0 atom stereocenters. The van der Waals surface area contributed by atoms with Gasteiger partial charge < -0.3 is 9.63 Å². The maximum Gasteiger partial charge on any atom is 0.257 e. The highest BCUT2D eigenvalue weighted by Gasteiger charge is 2.25. The Bertz CT molecular complexity index is 549. The van der Waals surface area contributed by atoms with Crippen LogP contribution in [-0.2, 0) is 0 Å². The van der Waals surface area contributed by atoms with Crippen LogP contribution in [0.2, 0.25) is 5.02 Å². The summed E-state index contributed by atoms with van der Waals surface area (Å²) < 4.78 is 5.20. The molecule has 1 N–H and O–H groups in total. The van der Waals surface area contributed by atoms with Crippen molar-refractivity contribution in [1.29, 1.82) is 0 Å². The minimum absolute atomic E-state index is 0.0501. The van der Waals surface area contributed by atoms with Gasteiger partial charge in [0.2, 0.25) is 0 Å². The number of phenols is 1. The molecular weight excluding hydrogens is 240 g/mol. The number of halogens is 1. The van der Waals surface area contributed by atoms with E-state index in [0.29, 0.717) is 11.8 Å². The molecule has 1 fully saturated rings. The molecule has 0 saturated heterocycles. The monoisotopic (exact) mass is 250 g/mol. The molecule has 2 aromatic rings. The van der Waals surface area contributed by atoms with E-state index in [-0.39, 0.29) is 10.8 Å². The molecule has 1 heterocycles. The highest BCUT2D eigenvalue weighted by Crippen LogP contribution is 2.36. The number of phenolic OH excluding ortho intramolecular Hbond substituents is 1. The summed E-state index contributed by atoms with van der Waals surface area (Å²) in [7, 11) is 0. The normalized spacial score (nSPS) is 15.8. The molecule has 0 spiro atoms. The summed E-state index contributed by atoms with van der Waals surface area (Å²) >= 11 is 5.83. The molecule has 4 nitrogen and oxygen atoms in total. The fourth-order valence-corrected chi connectivity index (χ4v) is 2.00. The molecule has 5 heteroatoms. The highest BCUT2D eigenvalue weighted by atomic mass is 35.5. The lowest BCUT2D eigenvalue weighted by atomic mass is 9.85. The van der Waals surface area contributed by atoms with E-state index in [4.69, 9.17) is 16.1 Å². The quantitative estimate of drug-likeness (QED) is 0.888. The molecule has 0 unspecified atom stereocenters. The second-order valence-corrected chi connectivity index (χ2v) is 4.66. The Morgan fingerprint density at radius 1 is 1.35 bits per heavy atom. The second-order valence-electron chi connectivity index (χ2n) is 4.25. The van der Waals surface area contributed by atoms with Crippen molar-refractivity contribution in [2.24, 2.45) is 0 Å². The summed E-state index contributed by atoms with van der Waals surface area (Å²) in [6.07, 6.45) is 3.50. The fraction of sp³-hybridized carbons (Fsp3) is 0.333. The van der Waals surface area contributed by atoms with E-state index < -0.39 is 0 Å². The SMILES string of the molecule is Oc1ccc(-c2nc(C3CCC3)no2)cc1Cl. The van der Waals surface area contributed by atoms with Gasteiger partial charge in [-0.15, -0.1) is 0 Å². The highest BCUT2D eigenvalue weighted by molar-refractivity contribution is 6.32. The first-order valence-corrected chi connectivity index (χ1v) is 5.94. The molecule has 1 aromatic heterocycles. The van der Waals surface area contributed by atoms with E-state index >= 15 is 0 Å². The van der Waals surface area contributed by atoms with Crippen LogP contribution >= 0.6 is 11.6 Å². The average Bonchev–Trinajstić information content (AvgIpc) is 2.69. The fourth-order valence-electron chi connectivity index (χ4n) is 1.82. The third-order valence-corrected chi connectivity index (χ3v) is 3.41. The van der Waals surface area contributed by atoms with Crippen LogP contribution < -0.4 is 0 Å². The first-order chi connectivity index (χ1) is 8.24. The van der Waals surface area contributed by atoms with Gasteiger partial charge in [-0.2, -0.15) is 4.98 Å². The van der Waals surface area contributed by atoms with Gasteiger partial charge in [-0.3, -0.25) is 0 Å². The van der Waals surface area contributed by atoms with Gasteiger partial charge >= 0.3 is 0 Å². The molecular formula is C12H11ClN2O2. The molecule has 1 aliphatic rings. The smallest absolute Gasteiger partial charge is 0.257 e. The van der Waals surface area contributed by atoms with Gasteiger partial charge in [0.05, 0.1) is 5.02 Å². The number of benzene rings is 1. The molecule has 0 amide bonds. The van der Waals surface area contributed by atoms with Crippen LogP contribution in [0.15, 0.2) is 22.7 Å². The minimum Gasteiger partial charge on any atom is -0.506 e. The Balaban J connectivity index is 1.92. The lowest BCUT2D eigenvalue weighted by molar-refractivity contribution is 0.366. The predicted molar refractivity (Wildman–Crippen MR) is 63.0 cm³/mol. The van der Waals surface area contributed by atoms with E-state index in [2.05, 4.69) is 10.1 Å². The van der Waals surface area contributed by atoms with Crippen molar-refractivity contribution in [3.63, 3.8) is 0 Å². The molecule has 17 heavy (non-hydrogen) atoms. The summed E-state index contributed by atoms with van der Waals surface area (Å²) in [6.45, 7) is 0. The van der Waals surface area contributed by atoms with Crippen LogP contribution in [0.1, 0.15) is 31.0 Å². The van der Waals surface area contributed by atoms with Crippen molar-refractivity contribution < 1.29 is 9.63 Å². The van der Waals surface area contributed by atoms with Crippen molar-refractivity contribution >= 4 is 11.6 Å². The second kappa shape index (κ2) is 4.04. The molecule has 88 valence electrons. The summed E-state index contributed by atoms with van der Waals surface area (Å²) in [5.74, 6) is 1.72. The lowest BCUT2D eigenvalue weighted by Crippen LogP contribution is -2.10. The van der Waals surface area contributed by atoms with E-state index in [0.717, 1.165) is 24.2 Å². The third-order valence-electron chi connectivity index (χ3n) is 3.11. The zero-order valence-corrected chi connectivity index (χ0v) is 9.81. The maximum absolute atomic E-state index is 9.33. The van der Waals surface area contributed by atoms with Crippen molar-refractivity contribution in [3.05, 3.63) is 29.0 Å². The van der Waals surface area contributed by atoms with Gasteiger partial charge in [0, 0.05) is 11.5 Å². The van der Waals surface area contributed by atoms with E-state index in [9.17, 15) is 5.11 Å². The summed E-state index contributed by atoms with van der Waals surface area (Å²) in [4.78, 5) is 4.36. The minimum atomic E-state index is 0.0501. The van der Waals surface area contributed by atoms with Crippen molar-refractivity contribution in [3.8, 4) is 17.2 Å². The van der Waals surface area contributed by atoms with Gasteiger partial charge in [0.25, 0.3) is 5.89 Å². The summed E-state index contributed by atoms with van der Waals surface area (Å²) in [6, 6.07) is 4.85. The Labute approximate surface area is 103 Å². The van der Waals surface area contributed by atoms with Crippen LogP contribution in [0, 0.1) is 0 Å². The number of rotatable bonds is 2. The number of aromatic nitrogens is 2. The van der Waals surface area contributed by atoms with Crippen LogP contribution in [0.25, 0.3) is 11.5 Å². The zero-order chi connectivity index (χ0) is 11.8. The van der Waals surface area contributed by atoms with Crippen molar-refractivity contribution in [2.45, 2.75) is 25.2 Å². The first-order valence-electron chi connectivity index (χ1n) is 5.56. The van der Waals surface area contributed by atoms with Crippen molar-refractivity contribution in [1.82, 2.24) is 10.1 Å². The van der Waals surface area contributed by atoms with Gasteiger partial charge in [-0.25, -0.2) is 0 Å². The number of hydrogen-bond acceptors (Lipinski definition) is 4. The molecule has 3 rings (SSSR count). The van der Waals surface area contributed by atoms with Crippen LogP contribution in [0.4, 0.5) is 0 Å². The Kier molecular flexibility index (Phi) is 2.52. The van der Waals surface area contributed by atoms with Gasteiger partial charge in [0.1, 0.15) is 5.75 Å². The Hall–Kier alpha value is -1.55. The zero-order valence-electron chi connectivity index (χ0n) is 9.06. The van der Waals surface area contributed by atoms with Crippen LogP contribution in [0.5, 0.6) is 5.75 Å². The summed E-state index contributed by atoms with van der Waals surface area (Å²) in [5.41, 5.74) is 0.728. The predicted octanol–water partition coefficient (Wildman–Crippen LogP) is 3.36.